The molecule has 0 spiro atoms. The highest BCUT2D eigenvalue weighted by molar-refractivity contribution is 5.71. The van der Waals surface area contributed by atoms with Gasteiger partial charge in [0.1, 0.15) is 11.6 Å². The highest BCUT2D eigenvalue weighted by Gasteiger charge is 2.10. The first-order valence-corrected chi connectivity index (χ1v) is 5.57. The summed E-state index contributed by atoms with van der Waals surface area (Å²) in [7, 11) is 1.58. The second-order valence-electron chi connectivity index (χ2n) is 4.05. The number of nitrogen functional groups attached to an aromatic ring is 2. The molecule has 0 aliphatic rings. The summed E-state index contributed by atoms with van der Waals surface area (Å²) < 4.78 is 18.1. The van der Waals surface area contributed by atoms with Gasteiger partial charge in [0, 0.05) is 12.0 Å². The van der Waals surface area contributed by atoms with E-state index in [1.165, 1.54) is 12.1 Å². The van der Waals surface area contributed by atoms with Gasteiger partial charge in [-0.15, -0.1) is 0 Å². The van der Waals surface area contributed by atoms with E-state index in [2.05, 4.69) is 0 Å². The standard InChI is InChI=1S/C14H15FN2O/c1-18-13-7-6-12(16)14(17)11(13)8-9-2-4-10(15)5-3-9/h2-7H,8,16-17H2,1H3. The molecule has 4 N–H and O–H groups in total. The summed E-state index contributed by atoms with van der Waals surface area (Å²) >= 11 is 0. The number of benzene rings is 2. The zero-order valence-electron chi connectivity index (χ0n) is 10.1. The molecule has 94 valence electrons. The molecule has 2 rings (SSSR count). The SMILES string of the molecule is COc1ccc(N)c(N)c1Cc1ccc(F)cc1. The molecule has 0 radical (unpaired) electrons. The van der Waals surface area contributed by atoms with Crippen LogP contribution in [0.25, 0.3) is 0 Å². The van der Waals surface area contributed by atoms with Crippen LogP contribution in [0.5, 0.6) is 5.75 Å². The van der Waals surface area contributed by atoms with Gasteiger partial charge in [0.05, 0.1) is 18.5 Å². The molecule has 2 aromatic rings. The molecule has 2 aromatic carbocycles. The van der Waals surface area contributed by atoms with Crippen molar-refractivity contribution in [1.82, 2.24) is 0 Å². The van der Waals surface area contributed by atoms with Gasteiger partial charge >= 0.3 is 0 Å². The van der Waals surface area contributed by atoms with Gasteiger partial charge in [0.2, 0.25) is 0 Å². The minimum Gasteiger partial charge on any atom is -0.496 e. The van der Waals surface area contributed by atoms with Crippen LogP contribution in [-0.2, 0) is 6.42 Å². The van der Waals surface area contributed by atoms with Gasteiger partial charge in [-0.2, -0.15) is 0 Å². The minimum atomic E-state index is -0.258. The molecule has 0 heterocycles. The Morgan fingerprint density at radius 2 is 1.72 bits per heavy atom. The number of ether oxygens (including phenoxy) is 1. The number of rotatable bonds is 3. The third kappa shape index (κ3) is 2.37. The van der Waals surface area contributed by atoms with E-state index in [-0.39, 0.29) is 5.82 Å². The van der Waals surface area contributed by atoms with Crippen molar-refractivity contribution in [2.24, 2.45) is 0 Å². The Morgan fingerprint density at radius 3 is 2.33 bits per heavy atom. The van der Waals surface area contributed by atoms with Crippen molar-refractivity contribution in [1.29, 1.82) is 0 Å². The monoisotopic (exact) mass is 246 g/mol. The molecule has 0 aliphatic carbocycles. The average Bonchev–Trinajstić information content (AvgIpc) is 2.38. The summed E-state index contributed by atoms with van der Waals surface area (Å²) in [5.74, 6) is 0.428. The first-order valence-electron chi connectivity index (χ1n) is 5.57. The highest BCUT2D eigenvalue weighted by Crippen LogP contribution is 2.31. The number of halogens is 1. The zero-order chi connectivity index (χ0) is 13.1. The fourth-order valence-corrected chi connectivity index (χ4v) is 1.84. The first kappa shape index (κ1) is 12.2. The van der Waals surface area contributed by atoms with Gasteiger partial charge in [-0.05, 0) is 29.8 Å². The van der Waals surface area contributed by atoms with E-state index in [0.29, 0.717) is 23.5 Å². The van der Waals surface area contributed by atoms with Crippen LogP contribution in [0.2, 0.25) is 0 Å². The van der Waals surface area contributed by atoms with Crippen LogP contribution in [0.3, 0.4) is 0 Å². The van der Waals surface area contributed by atoms with E-state index in [4.69, 9.17) is 16.2 Å². The molecular formula is C14H15FN2O. The smallest absolute Gasteiger partial charge is 0.124 e. The molecular weight excluding hydrogens is 231 g/mol. The van der Waals surface area contributed by atoms with Crippen LogP contribution >= 0.6 is 0 Å². The molecule has 0 saturated heterocycles. The summed E-state index contributed by atoms with van der Waals surface area (Å²) in [6, 6.07) is 9.77. The lowest BCUT2D eigenvalue weighted by Gasteiger charge is -2.13. The van der Waals surface area contributed by atoms with E-state index < -0.39 is 0 Å². The molecule has 0 atom stereocenters. The van der Waals surface area contributed by atoms with Crippen molar-refractivity contribution in [3.8, 4) is 5.75 Å². The van der Waals surface area contributed by atoms with E-state index >= 15 is 0 Å². The van der Waals surface area contributed by atoms with Crippen molar-refractivity contribution in [3.05, 3.63) is 53.3 Å². The number of methoxy groups -OCH3 is 1. The number of nitrogens with two attached hydrogens (primary N) is 2. The fourth-order valence-electron chi connectivity index (χ4n) is 1.84. The molecule has 0 aliphatic heterocycles. The molecule has 0 aromatic heterocycles. The topological polar surface area (TPSA) is 61.3 Å². The predicted octanol–water partition coefficient (Wildman–Crippen LogP) is 2.59. The molecule has 18 heavy (non-hydrogen) atoms. The maximum absolute atomic E-state index is 12.8. The molecule has 3 nitrogen and oxygen atoms in total. The van der Waals surface area contributed by atoms with Crippen LogP contribution in [0.4, 0.5) is 15.8 Å². The van der Waals surface area contributed by atoms with Gasteiger partial charge in [0.25, 0.3) is 0 Å². The maximum atomic E-state index is 12.8. The van der Waals surface area contributed by atoms with Crippen molar-refractivity contribution in [3.63, 3.8) is 0 Å². The Morgan fingerprint density at radius 1 is 1.06 bits per heavy atom. The van der Waals surface area contributed by atoms with Gasteiger partial charge in [-0.3, -0.25) is 0 Å². The van der Waals surface area contributed by atoms with E-state index in [1.54, 1.807) is 31.4 Å². The molecule has 0 fully saturated rings. The number of hydrogen-bond donors (Lipinski definition) is 2. The fraction of sp³-hybridized carbons (Fsp3) is 0.143. The summed E-state index contributed by atoms with van der Waals surface area (Å²) in [5, 5.41) is 0. The van der Waals surface area contributed by atoms with E-state index in [9.17, 15) is 4.39 Å². The van der Waals surface area contributed by atoms with Gasteiger partial charge in [0.15, 0.2) is 0 Å². The molecule has 0 amide bonds. The maximum Gasteiger partial charge on any atom is 0.124 e. The van der Waals surface area contributed by atoms with E-state index in [1.807, 2.05) is 0 Å². The zero-order valence-corrected chi connectivity index (χ0v) is 10.1. The lowest BCUT2D eigenvalue weighted by molar-refractivity contribution is 0.411. The normalized spacial score (nSPS) is 10.3. The highest BCUT2D eigenvalue weighted by atomic mass is 19.1. The molecule has 0 bridgehead atoms. The average molecular weight is 246 g/mol. The quantitative estimate of drug-likeness (QED) is 0.818. The second kappa shape index (κ2) is 4.96. The van der Waals surface area contributed by atoms with Gasteiger partial charge in [-0.25, -0.2) is 4.39 Å². The predicted molar refractivity (Wildman–Crippen MR) is 71.0 cm³/mol. The van der Waals surface area contributed by atoms with Crippen LogP contribution in [0, 0.1) is 5.82 Å². The number of anilines is 2. The van der Waals surface area contributed by atoms with Crippen LogP contribution in [0.15, 0.2) is 36.4 Å². The van der Waals surface area contributed by atoms with Crippen molar-refractivity contribution < 1.29 is 9.13 Å². The first-order chi connectivity index (χ1) is 8.61. The van der Waals surface area contributed by atoms with Crippen LogP contribution in [-0.4, -0.2) is 7.11 Å². The number of hydrogen-bond acceptors (Lipinski definition) is 3. The van der Waals surface area contributed by atoms with E-state index in [0.717, 1.165) is 11.1 Å². The lowest BCUT2D eigenvalue weighted by Crippen LogP contribution is -2.03. The second-order valence-corrected chi connectivity index (χ2v) is 4.05. The van der Waals surface area contributed by atoms with Gasteiger partial charge < -0.3 is 16.2 Å². The van der Waals surface area contributed by atoms with Crippen molar-refractivity contribution >= 4 is 11.4 Å². The Kier molecular flexibility index (Phi) is 3.37. The third-order valence-electron chi connectivity index (χ3n) is 2.86. The van der Waals surface area contributed by atoms with Crippen LogP contribution in [0.1, 0.15) is 11.1 Å². The van der Waals surface area contributed by atoms with Gasteiger partial charge in [-0.1, -0.05) is 12.1 Å². The Balaban J connectivity index is 2.38. The summed E-state index contributed by atoms with van der Waals surface area (Å²) in [5.41, 5.74) is 14.5. The third-order valence-corrected chi connectivity index (χ3v) is 2.86. The Labute approximate surface area is 105 Å². The van der Waals surface area contributed by atoms with Crippen molar-refractivity contribution in [2.75, 3.05) is 18.6 Å². The molecule has 0 saturated carbocycles. The molecule has 0 unspecified atom stereocenters. The van der Waals surface area contributed by atoms with Crippen LogP contribution < -0.4 is 16.2 Å². The lowest BCUT2D eigenvalue weighted by atomic mass is 10.0. The summed E-state index contributed by atoms with van der Waals surface area (Å²) in [6.07, 6.45) is 0.556. The van der Waals surface area contributed by atoms with Crippen molar-refractivity contribution in [2.45, 2.75) is 6.42 Å². The Bertz CT molecular complexity index is 552. The summed E-state index contributed by atoms with van der Waals surface area (Å²) in [6.45, 7) is 0. The minimum absolute atomic E-state index is 0.258. The molecule has 4 heteroatoms. The Hall–Kier alpha value is -2.23. The largest absolute Gasteiger partial charge is 0.496 e. The summed E-state index contributed by atoms with van der Waals surface area (Å²) in [4.78, 5) is 0.